The zero-order chi connectivity index (χ0) is 28.8. The van der Waals surface area contributed by atoms with Crippen molar-refractivity contribution in [2.75, 3.05) is 23.7 Å². The van der Waals surface area contributed by atoms with Crippen molar-refractivity contribution in [1.29, 1.82) is 0 Å². The molecule has 2 heterocycles. The number of carbonyl (C=O) groups excluding carboxylic acids is 4. The predicted octanol–water partition coefficient (Wildman–Crippen LogP) is 6.06. The molecule has 0 saturated carbocycles. The molecule has 14 heteroatoms. The summed E-state index contributed by atoms with van der Waals surface area (Å²) in [5.41, 5.74) is 1.26. The monoisotopic (exact) mass is 652 g/mol. The van der Waals surface area contributed by atoms with Crippen molar-refractivity contribution in [2.24, 2.45) is 0 Å². The van der Waals surface area contributed by atoms with Gasteiger partial charge in [0.25, 0.3) is 11.8 Å². The van der Waals surface area contributed by atoms with E-state index in [-0.39, 0.29) is 59.4 Å². The Kier molecular flexibility index (Phi) is 10.6. The van der Waals surface area contributed by atoms with Gasteiger partial charge >= 0.3 is 0 Å². The summed E-state index contributed by atoms with van der Waals surface area (Å²) in [7, 11) is 0. The number of carbonyl (C=O) groups is 4. The minimum Gasteiger partial charge on any atom is -0.326 e. The third kappa shape index (κ3) is 7.83. The summed E-state index contributed by atoms with van der Waals surface area (Å²) < 4.78 is 0.643. The maximum atomic E-state index is 13.1. The molecule has 2 saturated heterocycles. The van der Waals surface area contributed by atoms with Gasteiger partial charge in [0.05, 0.1) is 9.81 Å². The largest absolute Gasteiger partial charge is 0.326 e. The van der Waals surface area contributed by atoms with Crippen molar-refractivity contribution in [3.63, 3.8) is 0 Å². The number of halogens is 2. The van der Waals surface area contributed by atoms with Crippen LogP contribution in [0, 0.1) is 0 Å². The summed E-state index contributed by atoms with van der Waals surface area (Å²) in [5.74, 6) is -1.15. The van der Waals surface area contributed by atoms with Gasteiger partial charge in [-0.3, -0.25) is 29.0 Å². The number of anilines is 2. The van der Waals surface area contributed by atoms with Crippen LogP contribution in [0.3, 0.4) is 0 Å². The Labute approximate surface area is 260 Å². The van der Waals surface area contributed by atoms with E-state index in [1.54, 1.807) is 48.5 Å². The van der Waals surface area contributed by atoms with Crippen LogP contribution in [0.2, 0.25) is 10.0 Å². The van der Waals surface area contributed by atoms with Crippen molar-refractivity contribution in [2.45, 2.75) is 25.7 Å². The molecule has 40 heavy (non-hydrogen) atoms. The van der Waals surface area contributed by atoms with Crippen molar-refractivity contribution >= 4 is 115 Å². The van der Waals surface area contributed by atoms with E-state index in [0.717, 1.165) is 23.5 Å². The number of benzene rings is 2. The first-order valence-electron chi connectivity index (χ1n) is 12.0. The van der Waals surface area contributed by atoms with Crippen LogP contribution in [0.1, 0.15) is 25.7 Å². The fourth-order valence-corrected chi connectivity index (χ4v) is 6.79. The normalized spacial score (nSPS) is 17.1. The maximum Gasteiger partial charge on any atom is 0.267 e. The Balaban J connectivity index is 1.27. The van der Waals surface area contributed by atoms with E-state index in [1.807, 2.05) is 0 Å². The van der Waals surface area contributed by atoms with Gasteiger partial charge in [0.15, 0.2) is 0 Å². The highest BCUT2D eigenvalue weighted by atomic mass is 35.5. The molecule has 0 aliphatic carbocycles. The summed E-state index contributed by atoms with van der Waals surface area (Å²) in [6, 6.07) is 13.5. The highest BCUT2D eigenvalue weighted by Gasteiger charge is 2.41. The lowest BCUT2D eigenvalue weighted by atomic mass is 10.2. The minimum absolute atomic E-state index is 0.183. The number of thiocarbonyl (C=S) groups is 2. The molecule has 0 radical (unpaired) electrons. The lowest BCUT2D eigenvalue weighted by Crippen LogP contribution is -2.31. The third-order valence-electron chi connectivity index (χ3n) is 5.73. The molecule has 0 unspecified atom stereocenters. The Morgan fingerprint density at radius 2 is 1.02 bits per heavy atom. The molecule has 2 aromatic rings. The van der Waals surface area contributed by atoms with E-state index in [4.69, 9.17) is 47.6 Å². The Morgan fingerprint density at radius 3 is 1.38 bits per heavy atom. The standard InChI is InChI=1S/C26H22Cl2N4O4S4/c27-15-5-9-17(10-6-15)29-19(33)3-1-13-31-23(35)21(39-25(31)37)22-24(36)32(26(38)40-22)14-2-4-20(34)30-18-11-7-16(28)8-12-18/h5-12H,1-4,13-14H2,(H,29,33)(H,30,34). The first kappa shape index (κ1) is 30.5. The van der Waals surface area contributed by atoms with E-state index in [9.17, 15) is 19.2 Å². The van der Waals surface area contributed by atoms with E-state index in [0.29, 0.717) is 42.9 Å². The number of hydrogen-bond acceptors (Lipinski definition) is 8. The molecule has 208 valence electrons. The Morgan fingerprint density at radius 1 is 0.675 bits per heavy atom. The number of amides is 4. The van der Waals surface area contributed by atoms with Gasteiger partial charge in [-0.2, -0.15) is 0 Å². The van der Waals surface area contributed by atoms with Crippen molar-refractivity contribution in [3.05, 3.63) is 68.4 Å². The molecule has 0 atom stereocenters. The van der Waals surface area contributed by atoms with Gasteiger partial charge in [-0.1, -0.05) is 71.2 Å². The summed E-state index contributed by atoms with van der Waals surface area (Å²) in [6.07, 6.45) is 1.14. The molecular weight excluding hydrogens is 631 g/mol. The molecule has 8 nitrogen and oxygen atoms in total. The molecule has 4 amide bonds. The summed E-state index contributed by atoms with van der Waals surface area (Å²) in [4.78, 5) is 54.0. The third-order valence-corrected chi connectivity index (χ3v) is 9.26. The number of thioether (sulfide) groups is 2. The lowest BCUT2D eigenvalue weighted by Gasteiger charge is -2.14. The van der Waals surface area contributed by atoms with Crippen LogP contribution in [0.15, 0.2) is 58.3 Å². The lowest BCUT2D eigenvalue weighted by molar-refractivity contribution is -0.124. The van der Waals surface area contributed by atoms with Crippen molar-refractivity contribution < 1.29 is 19.2 Å². The zero-order valence-electron chi connectivity index (χ0n) is 20.8. The van der Waals surface area contributed by atoms with Crippen LogP contribution in [-0.2, 0) is 19.2 Å². The fraction of sp³-hybridized carbons (Fsp3) is 0.231. The number of nitrogens with zero attached hydrogens (tertiary/aromatic N) is 2. The molecule has 2 aromatic carbocycles. The van der Waals surface area contributed by atoms with E-state index in [2.05, 4.69) is 10.6 Å². The van der Waals surface area contributed by atoms with Crippen LogP contribution in [0.4, 0.5) is 11.4 Å². The number of rotatable bonds is 10. The molecule has 0 spiro atoms. The first-order valence-corrected chi connectivity index (χ1v) is 15.3. The van der Waals surface area contributed by atoms with Crippen LogP contribution in [-0.4, -0.2) is 55.2 Å². The zero-order valence-corrected chi connectivity index (χ0v) is 25.6. The van der Waals surface area contributed by atoms with E-state index in [1.165, 1.54) is 9.80 Å². The molecule has 2 aliphatic heterocycles. The quantitative estimate of drug-likeness (QED) is 0.236. The average molecular weight is 654 g/mol. The SMILES string of the molecule is O=C(CCCN1C(=O)C(=C2SC(=S)N(CCCC(=O)Nc3ccc(Cl)cc3)C2=O)SC1=S)Nc1ccc(Cl)cc1. The summed E-state index contributed by atoms with van der Waals surface area (Å²) >= 11 is 24.6. The summed E-state index contributed by atoms with van der Waals surface area (Å²) in [6.45, 7) is 0.483. The van der Waals surface area contributed by atoms with Crippen LogP contribution in [0.25, 0.3) is 0 Å². The second-order valence-electron chi connectivity index (χ2n) is 8.63. The van der Waals surface area contributed by atoms with E-state index < -0.39 is 0 Å². The predicted molar refractivity (Wildman–Crippen MR) is 169 cm³/mol. The topological polar surface area (TPSA) is 98.8 Å². The maximum absolute atomic E-state index is 13.1. The van der Waals surface area contributed by atoms with Crippen molar-refractivity contribution in [1.82, 2.24) is 9.80 Å². The van der Waals surface area contributed by atoms with Gasteiger partial charge < -0.3 is 10.6 Å². The van der Waals surface area contributed by atoms with Crippen LogP contribution < -0.4 is 10.6 Å². The number of nitrogens with one attached hydrogen (secondary N) is 2. The highest BCUT2D eigenvalue weighted by molar-refractivity contribution is 8.29. The van der Waals surface area contributed by atoms with Gasteiger partial charge in [0, 0.05) is 47.4 Å². The Bertz CT molecular complexity index is 1290. The second kappa shape index (κ2) is 13.9. The first-order chi connectivity index (χ1) is 19.1. The van der Waals surface area contributed by atoms with Gasteiger partial charge in [-0.05, 0) is 61.4 Å². The number of hydrogen-bond donors (Lipinski definition) is 2. The molecule has 2 N–H and O–H groups in total. The molecule has 0 aromatic heterocycles. The summed E-state index contributed by atoms with van der Waals surface area (Å²) in [5, 5.41) is 6.70. The Hall–Kier alpha value is -2.48. The fourth-order valence-electron chi connectivity index (χ4n) is 3.76. The van der Waals surface area contributed by atoms with Crippen molar-refractivity contribution in [3.8, 4) is 0 Å². The molecule has 2 aliphatic rings. The molecule has 0 bridgehead atoms. The molecular formula is C26H22Cl2N4O4S4. The van der Waals surface area contributed by atoms with Gasteiger partial charge in [-0.25, -0.2) is 0 Å². The van der Waals surface area contributed by atoms with Crippen LogP contribution in [0.5, 0.6) is 0 Å². The minimum atomic E-state index is -0.379. The second-order valence-corrected chi connectivity index (χ2v) is 12.8. The van der Waals surface area contributed by atoms with Gasteiger partial charge in [0.1, 0.15) is 8.64 Å². The highest BCUT2D eigenvalue weighted by Crippen LogP contribution is 2.42. The molecule has 4 rings (SSSR count). The van der Waals surface area contributed by atoms with Gasteiger partial charge in [-0.15, -0.1) is 0 Å². The smallest absolute Gasteiger partial charge is 0.267 e. The van der Waals surface area contributed by atoms with Gasteiger partial charge in [0.2, 0.25) is 11.8 Å². The van der Waals surface area contributed by atoms with E-state index >= 15 is 0 Å². The average Bonchev–Trinajstić information content (AvgIpc) is 3.35. The molecule has 2 fully saturated rings. The van der Waals surface area contributed by atoms with Crippen LogP contribution >= 0.6 is 71.2 Å².